The fourth-order valence-electron chi connectivity index (χ4n) is 3.33. The van der Waals surface area contributed by atoms with Crippen LogP contribution in [-0.4, -0.2) is 25.8 Å². The number of ether oxygens (including phenoxy) is 2. The van der Waals surface area contributed by atoms with Crippen LogP contribution in [0.3, 0.4) is 0 Å². The molecule has 2 bridgehead atoms. The molecule has 5 nitrogen and oxygen atoms in total. The van der Waals surface area contributed by atoms with Gasteiger partial charge < -0.3 is 9.47 Å². The molecule has 21 heavy (non-hydrogen) atoms. The van der Waals surface area contributed by atoms with Gasteiger partial charge in [0.15, 0.2) is 11.5 Å². The number of hydrazone groups is 1. The minimum atomic E-state index is -0.216. The minimum absolute atomic E-state index is 0.216. The van der Waals surface area contributed by atoms with Crippen LogP contribution in [0, 0.1) is 11.8 Å². The average Bonchev–Trinajstić information content (AvgIpc) is 3.14. The first kappa shape index (κ1) is 13.9. The molecule has 2 fully saturated rings. The number of amides is 1. The van der Waals surface area contributed by atoms with Gasteiger partial charge in [0.1, 0.15) is 0 Å². The quantitative estimate of drug-likeness (QED) is 0.866. The second-order valence-corrected chi connectivity index (χ2v) is 5.69. The zero-order chi connectivity index (χ0) is 14.8. The monoisotopic (exact) mass is 288 g/mol. The van der Waals surface area contributed by atoms with E-state index in [-0.39, 0.29) is 5.91 Å². The Bertz CT molecular complexity index is 583. The highest BCUT2D eigenvalue weighted by Gasteiger charge is 2.36. The summed E-state index contributed by atoms with van der Waals surface area (Å²) in [4.78, 5) is 12.2. The summed E-state index contributed by atoms with van der Waals surface area (Å²) in [6.07, 6.45) is 4.81. The van der Waals surface area contributed by atoms with Crippen molar-refractivity contribution < 1.29 is 14.3 Å². The topological polar surface area (TPSA) is 59.9 Å². The molecule has 5 heteroatoms. The summed E-state index contributed by atoms with van der Waals surface area (Å²) in [5.41, 5.74) is 4.33. The highest BCUT2D eigenvalue weighted by Crippen LogP contribution is 2.42. The Balaban J connectivity index is 1.69. The Morgan fingerprint density at radius 2 is 2.05 bits per heavy atom. The van der Waals surface area contributed by atoms with Crippen molar-refractivity contribution in [3.05, 3.63) is 23.8 Å². The van der Waals surface area contributed by atoms with Crippen LogP contribution in [0.25, 0.3) is 0 Å². The maximum atomic E-state index is 12.2. The number of nitrogens with one attached hydrogen (secondary N) is 1. The van der Waals surface area contributed by atoms with Crippen molar-refractivity contribution in [2.45, 2.75) is 25.7 Å². The van der Waals surface area contributed by atoms with Crippen LogP contribution in [-0.2, 0) is 0 Å². The summed E-state index contributed by atoms with van der Waals surface area (Å²) in [5, 5.41) is 4.33. The van der Waals surface area contributed by atoms with E-state index in [2.05, 4.69) is 10.5 Å². The normalized spacial score (nSPS) is 25.1. The van der Waals surface area contributed by atoms with Crippen LogP contribution in [0.1, 0.15) is 36.0 Å². The first-order valence-electron chi connectivity index (χ1n) is 7.30. The molecule has 3 rings (SSSR count). The third kappa shape index (κ3) is 2.73. The third-order valence-corrected chi connectivity index (χ3v) is 4.46. The highest BCUT2D eigenvalue weighted by molar-refractivity contribution is 5.97. The molecule has 0 unspecified atom stereocenters. The molecule has 1 N–H and O–H groups in total. The van der Waals surface area contributed by atoms with Crippen molar-refractivity contribution in [2.75, 3.05) is 14.2 Å². The molecular formula is C16H20N2O3. The van der Waals surface area contributed by atoms with Crippen LogP contribution >= 0.6 is 0 Å². The molecule has 0 spiro atoms. The molecule has 1 amide bonds. The minimum Gasteiger partial charge on any atom is -0.493 e. The zero-order valence-corrected chi connectivity index (χ0v) is 12.4. The number of carbonyl (C=O) groups excluding carboxylic acids is 1. The number of hydrogen-bond donors (Lipinski definition) is 1. The molecule has 1 aromatic carbocycles. The van der Waals surface area contributed by atoms with E-state index in [9.17, 15) is 4.79 Å². The van der Waals surface area contributed by atoms with E-state index in [4.69, 9.17) is 9.47 Å². The van der Waals surface area contributed by atoms with Gasteiger partial charge in [0, 0.05) is 11.3 Å². The van der Waals surface area contributed by atoms with Crippen molar-refractivity contribution in [1.29, 1.82) is 0 Å². The molecule has 0 aromatic heterocycles. The van der Waals surface area contributed by atoms with Gasteiger partial charge >= 0.3 is 0 Å². The Morgan fingerprint density at radius 3 is 2.67 bits per heavy atom. The summed E-state index contributed by atoms with van der Waals surface area (Å²) in [7, 11) is 3.12. The molecule has 0 saturated heterocycles. The molecule has 0 heterocycles. The fourth-order valence-corrected chi connectivity index (χ4v) is 3.33. The molecule has 2 saturated carbocycles. The number of fused-ring (bicyclic) bond motifs is 2. The van der Waals surface area contributed by atoms with E-state index in [1.165, 1.54) is 19.3 Å². The maximum absolute atomic E-state index is 12.2. The van der Waals surface area contributed by atoms with Gasteiger partial charge in [-0.25, -0.2) is 5.43 Å². The van der Waals surface area contributed by atoms with Gasteiger partial charge in [-0.05, 0) is 55.7 Å². The Hall–Kier alpha value is -2.04. The lowest BCUT2D eigenvalue weighted by Crippen LogP contribution is -2.22. The van der Waals surface area contributed by atoms with E-state index in [0.29, 0.717) is 23.0 Å². The van der Waals surface area contributed by atoms with Crippen LogP contribution in [0.4, 0.5) is 0 Å². The van der Waals surface area contributed by atoms with Crippen molar-refractivity contribution in [2.24, 2.45) is 16.9 Å². The number of methoxy groups -OCH3 is 2. The van der Waals surface area contributed by atoms with E-state index in [1.54, 1.807) is 32.4 Å². The molecular weight excluding hydrogens is 268 g/mol. The van der Waals surface area contributed by atoms with Gasteiger partial charge in [0.2, 0.25) is 0 Å². The van der Waals surface area contributed by atoms with Crippen LogP contribution in [0.2, 0.25) is 0 Å². The Labute approximate surface area is 124 Å². The van der Waals surface area contributed by atoms with E-state index in [0.717, 1.165) is 18.1 Å². The number of carbonyl (C=O) groups is 1. The van der Waals surface area contributed by atoms with Gasteiger partial charge in [-0.1, -0.05) is 0 Å². The summed E-state index contributed by atoms with van der Waals surface area (Å²) in [5.74, 6) is 2.30. The third-order valence-electron chi connectivity index (χ3n) is 4.46. The van der Waals surface area contributed by atoms with E-state index < -0.39 is 0 Å². The van der Waals surface area contributed by atoms with Crippen LogP contribution in [0.5, 0.6) is 11.5 Å². The van der Waals surface area contributed by atoms with Gasteiger partial charge in [-0.2, -0.15) is 5.10 Å². The smallest absolute Gasteiger partial charge is 0.271 e. The maximum Gasteiger partial charge on any atom is 0.271 e. The molecule has 1 aromatic rings. The highest BCUT2D eigenvalue weighted by atomic mass is 16.5. The fraction of sp³-hybridized carbons (Fsp3) is 0.500. The lowest BCUT2D eigenvalue weighted by Gasteiger charge is -2.12. The number of hydrogen-bond acceptors (Lipinski definition) is 4. The molecule has 0 radical (unpaired) electrons. The van der Waals surface area contributed by atoms with Crippen LogP contribution in [0.15, 0.2) is 23.3 Å². The van der Waals surface area contributed by atoms with Gasteiger partial charge in [0.05, 0.1) is 14.2 Å². The summed E-state index contributed by atoms with van der Waals surface area (Å²) in [6, 6.07) is 5.09. The second kappa shape index (κ2) is 5.76. The first-order chi connectivity index (χ1) is 10.2. The second-order valence-electron chi connectivity index (χ2n) is 5.69. The number of rotatable bonds is 4. The van der Waals surface area contributed by atoms with Crippen molar-refractivity contribution >= 4 is 11.6 Å². The average molecular weight is 288 g/mol. The SMILES string of the molecule is COc1ccc(C(=O)NN=C2C[C@H]3CC[C@H]2C3)cc1OC. The van der Waals surface area contributed by atoms with Gasteiger partial charge in [-0.3, -0.25) is 4.79 Å². The summed E-state index contributed by atoms with van der Waals surface area (Å²) >= 11 is 0. The molecule has 2 aliphatic carbocycles. The molecule has 2 atom stereocenters. The van der Waals surface area contributed by atoms with Crippen molar-refractivity contribution in [1.82, 2.24) is 5.43 Å². The van der Waals surface area contributed by atoms with Gasteiger partial charge in [-0.15, -0.1) is 0 Å². The van der Waals surface area contributed by atoms with Gasteiger partial charge in [0.25, 0.3) is 5.91 Å². The lowest BCUT2D eigenvalue weighted by atomic mass is 9.99. The predicted molar refractivity (Wildman–Crippen MR) is 79.9 cm³/mol. The molecule has 2 aliphatic rings. The van der Waals surface area contributed by atoms with Crippen molar-refractivity contribution in [3.8, 4) is 11.5 Å². The van der Waals surface area contributed by atoms with Crippen molar-refractivity contribution in [3.63, 3.8) is 0 Å². The molecule has 112 valence electrons. The Morgan fingerprint density at radius 1 is 1.24 bits per heavy atom. The van der Waals surface area contributed by atoms with Crippen LogP contribution < -0.4 is 14.9 Å². The van der Waals surface area contributed by atoms with E-state index in [1.807, 2.05) is 0 Å². The standard InChI is InChI=1S/C16H20N2O3/c1-20-14-6-5-12(9-15(14)21-2)16(19)18-17-13-8-10-3-4-11(13)7-10/h5-6,9-11H,3-4,7-8H2,1-2H3,(H,18,19)/t10-,11-/m0/s1. The summed E-state index contributed by atoms with van der Waals surface area (Å²) in [6.45, 7) is 0. The van der Waals surface area contributed by atoms with E-state index >= 15 is 0 Å². The molecule has 0 aliphatic heterocycles. The Kier molecular flexibility index (Phi) is 3.82. The lowest BCUT2D eigenvalue weighted by molar-refractivity contribution is 0.0954. The summed E-state index contributed by atoms with van der Waals surface area (Å²) < 4.78 is 10.4. The number of benzene rings is 1. The number of nitrogens with zero attached hydrogens (tertiary/aromatic N) is 1. The predicted octanol–water partition coefficient (Wildman–Crippen LogP) is 2.61. The zero-order valence-electron chi connectivity index (χ0n) is 12.4. The largest absolute Gasteiger partial charge is 0.493 e. The first-order valence-corrected chi connectivity index (χ1v) is 7.30.